The highest BCUT2D eigenvalue weighted by Gasteiger charge is 2.21. The average molecular weight is 381 g/mol. The molecule has 27 heavy (non-hydrogen) atoms. The van der Waals surface area contributed by atoms with E-state index in [-0.39, 0.29) is 10.7 Å². The summed E-state index contributed by atoms with van der Waals surface area (Å²) in [6.07, 6.45) is 6.01. The van der Waals surface area contributed by atoms with Gasteiger partial charge in [-0.15, -0.1) is 0 Å². The van der Waals surface area contributed by atoms with Crippen LogP contribution in [0.25, 0.3) is 10.9 Å². The SMILES string of the molecule is Cn1nc(NS(=O)(=O)c2cccnc2)c2c(Oc3cccnc3)cccc21. The molecule has 0 amide bonds. The Kier molecular flexibility index (Phi) is 4.21. The molecule has 0 aliphatic rings. The van der Waals surface area contributed by atoms with E-state index in [0.29, 0.717) is 16.9 Å². The van der Waals surface area contributed by atoms with Crippen molar-refractivity contribution in [3.63, 3.8) is 0 Å². The number of aromatic nitrogens is 4. The lowest BCUT2D eigenvalue weighted by Gasteiger charge is -2.09. The third-order valence-corrected chi connectivity index (χ3v) is 5.20. The fourth-order valence-electron chi connectivity index (χ4n) is 2.66. The second-order valence-electron chi connectivity index (χ2n) is 5.71. The van der Waals surface area contributed by atoms with Crippen LogP contribution >= 0.6 is 0 Å². The smallest absolute Gasteiger partial charge is 0.264 e. The summed E-state index contributed by atoms with van der Waals surface area (Å²) < 4.78 is 35.4. The Morgan fingerprint density at radius 1 is 1.00 bits per heavy atom. The largest absolute Gasteiger partial charge is 0.455 e. The summed E-state index contributed by atoms with van der Waals surface area (Å²) in [7, 11) is -2.10. The Balaban J connectivity index is 1.80. The lowest BCUT2D eigenvalue weighted by molar-refractivity contribution is 0.486. The average Bonchev–Trinajstić information content (AvgIpc) is 2.99. The molecule has 9 heteroatoms. The van der Waals surface area contributed by atoms with Gasteiger partial charge in [-0.25, -0.2) is 8.42 Å². The molecular weight excluding hydrogens is 366 g/mol. The van der Waals surface area contributed by atoms with Crippen molar-refractivity contribution in [2.75, 3.05) is 4.72 Å². The zero-order chi connectivity index (χ0) is 18.9. The van der Waals surface area contributed by atoms with Crippen molar-refractivity contribution in [3.8, 4) is 11.5 Å². The molecule has 0 saturated heterocycles. The Hall–Kier alpha value is -3.46. The third kappa shape index (κ3) is 3.32. The molecule has 0 spiro atoms. The second kappa shape index (κ2) is 6.69. The zero-order valence-corrected chi connectivity index (χ0v) is 15.1. The van der Waals surface area contributed by atoms with Crippen LogP contribution in [-0.4, -0.2) is 28.2 Å². The summed E-state index contributed by atoms with van der Waals surface area (Å²) >= 11 is 0. The normalized spacial score (nSPS) is 11.4. The Morgan fingerprint density at radius 2 is 1.78 bits per heavy atom. The topological polar surface area (TPSA) is 99.0 Å². The molecule has 0 atom stereocenters. The number of nitrogens with zero attached hydrogens (tertiary/aromatic N) is 4. The molecule has 0 aliphatic heterocycles. The van der Waals surface area contributed by atoms with Crippen molar-refractivity contribution >= 4 is 26.7 Å². The van der Waals surface area contributed by atoms with E-state index in [1.807, 2.05) is 12.1 Å². The molecule has 0 radical (unpaired) electrons. The number of hydrogen-bond acceptors (Lipinski definition) is 6. The van der Waals surface area contributed by atoms with Gasteiger partial charge in [0.25, 0.3) is 10.0 Å². The molecule has 0 fully saturated rings. The monoisotopic (exact) mass is 381 g/mol. The standard InChI is InChI=1S/C18H15N5O3S/c1-23-15-7-2-8-16(26-13-5-3-9-19-11-13)17(15)18(21-23)22-27(24,25)14-6-4-10-20-12-14/h2-12H,1H3,(H,21,22). The maximum atomic E-state index is 12.7. The zero-order valence-electron chi connectivity index (χ0n) is 14.3. The number of hydrogen-bond donors (Lipinski definition) is 1. The van der Waals surface area contributed by atoms with E-state index in [4.69, 9.17) is 4.74 Å². The number of sulfonamides is 1. The minimum atomic E-state index is -3.84. The number of fused-ring (bicyclic) bond motifs is 1. The van der Waals surface area contributed by atoms with Crippen molar-refractivity contribution in [1.29, 1.82) is 0 Å². The van der Waals surface area contributed by atoms with E-state index < -0.39 is 10.0 Å². The number of ether oxygens (including phenoxy) is 1. The van der Waals surface area contributed by atoms with Gasteiger partial charge >= 0.3 is 0 Å². The van der Waals surface area contributed by atoms with E-state index in [1.54, 1.807) is 48.4 Å². The van der Waals surface area contributed by atoms with Crippen LogP contribution in [-0.2, 0) is 17.1 Å². The van der Waals surface area contributed by atoms with Gasteiger partial charge in [-0.05, 0) is 36.4 Å². The van der Waals surface area contributed by atoms with E-state index >= 15 is 0 Å². The molecule has 4 rings (SSSR count). The molecule has 3 heterocycles. The number of benzene rings is 1. The van der Waals surface area contributed by atoms with Crippen molar-refractivity contribution < 1.29 is 13.2 Å². The molecule has 1 aromatic carbocycles. The lowest BCUT2D eigenvalue weighted by Crippen LogP contribution is -2.14. The summed E-state index contributed by atoms with van der Waals surface area (Å²) in [5, 5.41) is 4.87. The fraction of sp³-hybridized carbons (Fsp3) is 0.0556. The fourth-order valence-corrected chi connectivity index (χ4v) is 3.64. The first-order valence-electron chi connectivity index (χ1n) is 8.01. The van der Waals surface area contributed by atoms with Gasteiger partial charge in [0, 0.05) is 25.6 Å². The van der Waals surface area contributed by atoms with E-state index in [0.717, 1.165) is 5.52 Å². The van der Waals surface area contributed by atoms with Gasteiger partial charge in [0.15, 0.2) is 5.82 Å². The van der Waals surface area contributed by atoms with Gasteiger partial charge in [0.2, 0.25) is 0 Å². The molecule has 4 aromatic rings. The molecule has 8 nitrogen and oxygen atoms in total. The lowest BCUT2D eigenvalue weighted by atomic mass is 10.2. The Bertz CT molecular complexity index is 1190. The first kappa shape index (κ1) is 17.0. The number of aryl methyl sites for hydroxylation is 1. The predicted molar refractivity (Wildman–Crippen MR) is 100 cm³/mol. The van der Waals surface area contributed by atoms with Crippen LogP contribution in [0.4, 0.5) is 5.82 Å². The van der Waals surface area contributed by atoms with E-state index in [2.05, 4.69) is 19.8 Å². The predicted octanol–water partition coefficient (Wildman–Crippen LogP) is 2.96. The van der Waals surface area contributed by atoms with Gasteiger partial charge in [0.05, 0.1) is 17.1 Å². The number of anilines is 1. The summed E-state index contributed by atoms with van der Waals surface area (Å²) in [5.41, 5.74) is 0.722. The Morgan fingerprint density at radius 3 is 2.48 bits per heavy atom. The quantitative estimate of drug-likeness (QED) is 0.571. The maximum absolute atomic E-state index is 12.7. The summed E-state index contributed by atoms with van der Waals surface area (Å²) in [6, 6.07) is 11.9. The summed E-state index contributed by atoms with van der Waals surface area (Å²) in [6.45, 7) is 0. The van der Waals surface area contributed by atoms with Crippen molar-refractivity contribution in [2.45, 2.75) is 4.90 Å². The third-order valence-electron chi connectivity index (χ3n) is 3.88. The Labute approximate surface area is 155 Å². The molecule has 0 aliphatic carbocycles. The van der Waals surface area contributed by atoms with Crippen LogP contribution in [0, 0.1) is 0 Å². The number of rotatable bonds is 5. The highest BCUT2D eigenvalue weighted by atomic mass is 32.2. The highest BCUT2D eigenvalue weighted by molar-refractivity contribution is 7.92. The molecule has 1 N–H and O–H groups in total. The molecule has 0 bridgehead atoms. The van der Waals surface area contributed by atoms with Gasteiger partial charge in [-0.3, -0.25) is 19.4 Å². The van der Waals surface area contributed by atoms with Crippen LogP contribution in [0.15, 0.2) is 72.1 Å². The second-order valence-corrected chi connectivity index (χ2v) is 7.39. The van der Waals surface area contributed by atoms with Crippen LogP contribution in [0.2, 0.25) is 0 Å². The van der Waals surface area contributed by atoms with Gasteiger partial charge in [0.1, 0.15) is 16.4 Å². The highest BCUT2D eigenvalue weighted by Crippen LogP contribution is 2.35. The number of pyridine rings is 2. The van der Waals surface area contributed by atoms with Crippen LogP contribution in [0.1, 0.15) is 0 Å². The van der Waals surface area contributed by atoms with Crippen LogP contribution in [0.3, 0.4) is 0 Å². The molecule has 0 unspecified atom stereocenters. The van der Waals surface area contributed by atoms with Crippen LogP contribution in [0.5, 0.6) is 11.5 Å². The van der Waals surface area contributed by atoms with Crippen molar-refractivity contribution in [2.24, 2.45) is 7.05 Å². The molecule has 3 aromatic heterocycles. The van der Waals surface area contributed by atoms with Gasteiger partial charge < -0.3 is 4.74 Å². The first-order chi connectivity index (χ1) is 13.0. The molecule has 0 saturated carbocycles. The molecular formula is C18H15N5O3S. The minimum absolute atomic E-state index is 0.0504. The maximum Gasteiger partial charge on any atom is 0.264 e. The summed E-state index contributed by atoms with van der Waals surface area (Å²) in [5.74, 6) is 1.18. The first-order valence-corrected chi connectivity index (χ1v) is 9.49. The van der Waals surface area contributed by atoms with Gasteiger partial charge in [-0.2, -0.15) is 5.10 Å². The molecule has 136 valence electrons. The van der Waals surface area contributed by atoms with E-state index in [9.17, 15) is 8.42 Å². The van der Waals surface area contributed by atoms with Gasteiger partial charge in [-0.1, -0.05) is 6.07 Å². The minimum Gasteiger partial charge on any atom is -0.455 e. The summed E-state index contributed by atoms with van der Waals surface area (Å²) in [4.78, 5) is 7.93. The van der Waals surface area contributed by atoms with Crippen LogP contribution < -0.4 is 9.46 Å². The van der Waals surface area contributed by atoms with Crippen molar-refractivity contribution in [1.82, 2.24) is 19.7 Å². The van der Waals surface area contributed by atoms with Crippen molar-refractivity contribution in [3.05, 3.63) is 67.3 Å². The van der Waals surface area contributed by atoms with E-state index in [1.165, 1.54) is 18.5 Å². The number of nitrogens with one attached hydrogen (secondary N) is 1.